The Hall–Kier alpha value is -0.350. The first-order valence-electron chi connectivity index (χ1n) is 6.32. The van der Waals surface area contributed by atoms with Crippen LogP contribution >= 0.6 is 12.2 Å². The molecule has 0 saturated heterocycles. The molecule has 0 aliphatic heterocycles. The summed E-state index contributed by atoms with van der Waals surface area (Å²) in [5.41, 5.74) is 0. The van der Waals surface area contributed by atoms with E-state index in [0.717, 1.165) is 11.5 Å². The third kappa shape index (κ3) is 5.12. The summed E-state index contributed by atoms with van der Waals surface area (Å²) in [6, 6.07) is 0.905. The molecule has 1 saturated carbocycles. The summed E-state index contributed by atoms with van der Waals surface area (Å²) in [4.78, 5) is 0. The van der Waals surface area contributed by atoms with Crippen LogP contribution < -0.4 is 10.6 Å². The lowest BCUT2D eigenvalue weighted by Crippen LogP contribution is -2.47. The van der Waals surface area contributed by atoms with Crippen molar-refractivity contribution in [1.29, 1.82) is 0 Å². The van der Waals surface area contributed by atoms with Crippen LogP contribution in [0.3, 0.4) is 0 Å². The maximum absolute atomic E-state index is 5.31. The number of ether oxygens (including phenoxy) is 1. The molecular formula is C12H24N2OS. The van der Waals surface area contributed by atoms with Gasteiger partial charge in [0.25, 0.3) is 0 Å². The molecule has 2 N–H and O–H groups in total. The highest BCUT2D eigenvalue weighted by molar-refractivity contribution is 7.80. The van der Waals surface area contributed by atoms with Gasteiger partial charge in [-0.1, -0.05) is 26.2 Å². The minimum atomic E-state index is 0.327. The van der Waals surface area contributed by atoms with E-state index in [4.69, 9.17) is 17.0 Å². The number of nitrogens with one attached hydrogen (secondary N) is 2. The molecule has 0 heterocycles. The van der Waals surface area contributed by atoms with Gasteiger partial charge in [-0.15, -0.1) is 0 Å². The molecule has 16 heavy (non-hydrogen) atoms. The van der Waals surface area contributed by atoms with E-state index in [0.29, 0.717) is 18.7 Å². The molecule has 0 aromatic carbocycles. The van der Waals surface area contributed by atoms with E-state index in [9.17, 15) is 0 Å². The van der Waals surface area contributed by atoms with Crippen molar-refractivity contribution >= 4 is 17.3 Å². The van der Waals surface area contributed by atoms with Gasteiger partial charge in [0.2, 0.25) is 0 Å². The molecule has 3 nitrogen and oxygen atoms in total. The fraction of sp³-hybridized carbons (Fsp3) is 0.917. The quantitative estimate of drug-likeness (QED) is 0.727. The van der Waals surface area contributed by atoms with E-state index in [2.05, 4.69) is 17.6 Å². The van der Waals surface area contributed by atoms with Gasteiger partial charge in [0.15, 0.2) is 5.11 Å². The highest BCUT2D eigenvalue weighted by atomic mass is 32.1. The molecule has 0 radical (unpaired) electrons. The Morgan fingerprint density at radius 1 is 1.38 bits per heavy atom. The van der Waals surface area contributed by atoms with Crippen LogP contribution in [0.15, 0.2) is 0 Å². The molecule has 94 valence electrons. The molecule has 1 rings (SSSR count). The van der Waals surface area contributed by atoms with E-state index in [1.807, 2.05) is 0 Å². The van der Waals surface area contributed by atoms with E-state index >= 15 is 0 Å². The summed E-state index contributed by atoms with van der Waals surface area (Å²) >= 11 is 5.31. The van der Waals surface area contributed by atoms with E-state index < -0.39 is 0 Å². The Morgan fingerprint density at radius 3 is 2.62 bits per heavy atom. The van der Waals surface area contributed by atoms with Crippen molar-refractivity contribution in [2.75, 3.05) is 13.7 Å². The van der Waals surface area contributed by atoms with Crippen LogP contribution in [0.5, 0.6) is 0 Å². The number of thiocarbonyl (C=S) groups is 1. The molecule has 0 aromatic heterocycles. The third-order valence-corrected chi connectivity index (χ3v) is 3.37. The Bertz CT molecular complexity index is 196. The van der Waals surface area contributed by atoms with Crippen molar-refractivity contribution in [2.45, 2.75) is 57.5 Å². The lowest BCUT2D eigenvalue weighted by atomic mass is 9.96. The first-order valence-corrected chi connectivity index (χ1v) is 6.73. The van der Waals surface area contributed by atoms with Crippen molar-refractivity contribution in [3.8, 4) is 0 Å². The zero-order valence-electron chi connectivity index (χ0n) is 10.4. The molecule has 0 amide bonds. The minimum Gasteiger partial charge on any atom is -0.383 e. The molecule has 1 unspecified atom stereocenters. The van der Waals surface area contributed by atoms with Gasteiger partial charge in [-0.2, -0.15) is 0 Å². The second-order valence-electron chi connectivity index (χ2n) is 4.51. The van der Waals surface area contributed by atoms with Gasteiger partial charge >= 0.3 is 0 Å². The normalized spacial score (nSPS) is 19.1. The molecule has 1 fully saturated rings. The Labute approximate surface area is 104 Å². The Balaban J connectivity index is 2.22. The lowest BCUT2D eigenvalue weighted by molar-refractivity contribution is 0.172. The summed E-state index contributed by atoms with van der Waals surface area (Å²) in [5.74, 6) is 0. The standard InChI is InChI=1S/C12H24N2OS/c1-3-10(9-15-2)13-12(16)14-11-7-5-4-6-8-11/h10-11H,3-9H2,1-2H3,(H2,13,14,16). The topological polar surface area (TPSA) is 33.3 Å². The van der Waals surface area contributed by atoms with Crippen LogP contribution in [-0.4, -0.2) is 30.9 Å². The van der Waals surface area contributed by atoms with Crippen molar-refractivity contribution < 1.29 is 4.74 Å². The van der Waals surface area contributed by atoms with Crippen molar-refractivity contribution in [2.24, 2.45) is 0 Å². The van der Waals surface area contributed by atoms with Gasteiger partial charge in [0.1, 0.15) is 0 Å². The summed E-state index contributed by atoms with van der Waals surface area (Å²) in [5, 5.41) is 7.50. The molecule has 0 bridgehead atoms. The van der Waals surface area contributed by atoms with E-state index in [-0.39, 0.29) is 0 Å². The van der Waals surface area contributed by atoms with Crippen molar-refractivity contribution in [3.63, 3.8) is 0 Å². The van der Waals surface area contributed by atoms with Crippen LogP contribution in [0.2, 0.25) is 0 Å². The average molecular weight is 244 g/mol. The van der Waals surface area contributed by atoms with Crippen LogP contribution in [0, 0.1) is 0 Å². The van der Waals surface area contributed by atoms with Gasteiger partial charge in [-0.05, 0) is 31.5 Å². The van der Waals surface area contributed by atoms with E-state index in [1.165, 1.54) is 32.1 Å². The summed E-state index contributed by atoms with van der Waals surface area (Å²) in [6.07, 6.45) is 7.57. The minimum absolute atomic E-state index is 0.327. The van der Waals surface area contributed by atoms with Crippen LogP contribution in [-0.2, 0) is 4.74 Å². The van der Waals surface area contributed by atoms with Crippen LogP contribution in [0.25, 0.3) is 0 Å². The second kappa shape index (κ2) is 7.85. The fourth-order valence-electron chi connectivity index (χ4n) is 2.12. The summed E-state index contributed by atoms with van der Waals surface area (Å²) in [6.45, 7) is 2.85. The van der Waals surface area contributed by atoms with Gasteiger partial charge in [0, 0.05) is 13.2 Å². The van der Waals surface area contributed by atoms with Crippen LogP contribution in [0.4, 0.5) is 0 Å². The molecule has 1 aliphatic carbocycles. The Morgan fingerprint density at radius 2 is 2.06 bits per heavy atom. The zero-order valence-corrected chi connectivity index (χ0v) is 11.2. The second-order valence-corrected chi connectivity index (χ2v) is 4.92. The molecular weight excluding hydrogens is 220 g/mol. The molecule has 0 aromatic rings. The van der Waals surface area contributed by atoms with Crippen molar-refractivity contribution in [3.05, 3.63) is 0 Å². The van der Waals surface area contributed by atoms with Gasteiger partial charge in [0.05, 0.1) is 12.6 Å². The van der Waals surface area contributed by atoms with E-state index in [1.54, 1.807) is 7.11 Å². The zero-order chi connectivity index (χ0) is 11.8. The SMILES string of the molecule is CCC(COC)NC(=S)NC1CCCCC1. The van der Waals surface area contributed by atoms with Gasteiger partial charge < -0.3 is 15.4 Å². The maximum Gasteiger partial charge on any atom is 0.166 e. The summed E-state index contributed by atoms with van der Waals surface area (Å²) < 4.78 is 5.14. The Kier molecular flexibility index (Phi) is 6.73. The smallest absolute Gasteiger partial charge is 0.166 e. The van der Waals surface area contributed by atoms with Crippen LogP contribution in [0.1, 0.15) is 45.4 Å². The maximum atomic E-state index is 5.31. The number of hydrogen-bond acceptors (Lipinski definition) is 2. The molecule has 1 aliphatic rings. The highest BCUT2D eigenvalue weighted by Crippen LogP contribution is 2.17. The predicted molar refractivity (Wildman–Crippen MR) is 71.7 cm³/mol. The molecule has 1 atom stereocenters. The summed E-state index contributed by atoms with van der Waals surface area (Å²) in [7, 11) is 1.72. The average Bonchev–Trinajstić information content (AvgIpc) is 2.29. The third-order valence-electron chi connectivity index (χ3n) is 3.14. The lowest BCUT2D eigenvalue weighted by Gasteiger charge is -2.26. The first kappa shape index (κ1) is 13.7. The van der Waals surface area contributed by atoms with Crippen molar-refractivity contribution in [1.82, 2.24) is 10.6 Å². The predicted octanol–water partition coefficient (Wildman–Crippen LogP) is 2.21. The monoisotopic (exact) mass is 244 g/mol. The number of methoxy groups -OCH3 is 1. The molecule has 4 heteroatoms. The molecule has 0 spiro atoms. The largest absolute Gasteiger partial charge is 0.383 e. The highest BCUT2D eigenvalue weighted by Gasteiger charge is 2.15. The first-order chi connectivity index (χ1) is 7.76. The number of hydrogen-bond donors (Lipinski definition) is 2. The van der Waals surface area contributed by atoms with Gasteiger partial charge in [-0.3, -0.25) is 0 Å². The van der Waals surface area contributed by atoms with Gasteiger partial charge in [-0.25, -0.2) is 0 Å². The number of rotatable bonds is 5. The fourth-order valence-corrected chi connectivity index (χ4v) is 2.46.